The number of carbonyl (C=O) groups excluding carboxylic acids is 1. The maximum absolute atomic E-state index is 13.0. The molecule has 1 amide bonds. The number of hydrogen-bond acceptors (Lipinski definition) is 6. The maximum Gasteiger partial charge on any atom is 0.264 e. The van der Waals surface area contributed by atoms with Crippen molar-refractivity contribution in [1.82, 2.24) is 34.8 Å². The van der Waals surface area contributed by atoms with Crippen molar-refractivity contribution in [2.45, 2.75) is 38.8 Å². The number of fused-ring (bicyclic) bond motifs is 2. The molecule has 2 aliphatic heterocycles. The van der Waals surface area contributed by atoms with Gasteiger partial charge in [0.1, 0.15) is 16.5 Å². The van der Waals surface area contributed by atoms with E-state index in [2.05, 4.69) is 25.2 Å². The summed E-state index contributed by atoms with van der Waals surface area (Å²) < 4.78 is 4.13. The van der Waals surface area contributed by atoms with Crippen molar-refractivity contribution in [1.29, 1.82) is 0 Å². The molecule has 3 aromatic heterocycles. The van der Waals surface area contributed by atoms with Gasteiger partial charge in [0.15, 0.2) is 0 Å². The summed E-state index contributed by atoms with van der Waals surface area (Å²) in [5, 5.41) is 17.6. The number of piperidine rings is 1. The van der Waals surface area contributed by atoms with Crippen LogP contribution in [0.3, 0.4) is 0 Å². The Morgan fingerprint density at radius 1 is 1.25 bits per heavy atom. The zero-order valence-electron chi connectivity index (χ0n) is 16.0. The molecule has 5 rings (SSSR count). The van der Waals surface area contributed by atoms with Crippen LogP contribution in [0.4, 0.5) is 0 Å². The molecule has 1 N–H and O–H groups in total. The standard InChI is InChI=1S/C18H23N7OS.ClH/c1-11-13-9-14(27-18(13)23(2)22-11)17(26)24-6-3-12(4-7-24)16-21-20-15-10-19-5-8-25(15)16;/h9,12,19H,3-8,10H2,1-2H3;1H. The molecule has 2 aliphatic rings. The van der Waals surface area contributed by atoms with Gasteiger partial charge in [0, 0.05) is 44.5 Å². The Balaban J connectivity index is 0.00000192. The van der Waals surface area contributed by atoms with E-state index in [4.69, 9.17) is 0 Å². The quantitative estimate of drug-likeness (QED) is 0.685. The predicted octanol–water partition coefficient (Wildman–Crippen LogP) is 2.08. The van der Waals surface area contributed by atoms with Crippen molar-refractivity contribution in [2.24, 2.45) is 7.05 Å². The molecule has 0 saturated carbocycles. The van der Waals surface area contributed by atoms with Crippen LogP contribution in [0.1, 0.15) is 45.8 Å². The summed E-state index contributed by atoms with van der Waals surface area (Å²) in [4.78, 5) is 16.8. The number of aryl methyl sites for hydroxylation is 2. The summed E-state index contributed by atoms with van der Waals surface area (Å²) in [6.45, 7) is 6.24. The summed E-state index contributed by atoms with van der Waals surface area (Å²) >= 11 is 1.54. The monoisotopic (exact) mass is 421 g/mol. The first kappa shape index (κ1) is 19.4. The van der Waals surface area contributed by atoms with Gasteiger partial charge in [0.2, 0.25) is 0 Å². The lowest BCUT2D eigenvalue weighted by Crippen LogP contribution is -2.38. The number of nitrogens with one attached hydrogen (secondary N) is 1. The highest BCUT2D eigenvalue weighted by Gasteiger charge is 2.30. The number of nitrogens with zero attached hydrogens (tertiary/aromatic N) is 6. The van der Waals surface area contributed by atoms with Crippen LogP contribution in [0.5, 0.6) is 0 Å². The molecule has 150 valence electrons. The van der Waals surface area contributed by atoms with Gasteiger partial charge in [-0.2, -0.15) is 5.10 Å². The minimum Gasteiger partial charge on any atom is -0.338 e. The SMILES string of the molecule is Cc1nn(C)c2sc(C(=O)N3CCC(c4nnc5n4CCNC5)CC3)cc12.Cl. The molecule has 0 spiro atoms. The molecule has 10 heteroatoms. The molecular weight excluding hydrogens is 398 g/mol. The van der Waals surface area contributed by atoms with E-state index in [1.807, 2.05) is 29.6 Å². The van der Waals surface area contributed by atoms with E-state index in [1.54, 1.807) is 0 Å². The first-order valence-corrected chi connectivity index (χ1v) is 10.3. The van der Waals surface area contributed by atoms with Crippen molar-refractivity contribution >= 4 is 39.9 Å². The molecule has 1 saturated heterocycles. The Kier molecular flexibility index (Phi) is 5.15. The first-order chi connectivity index (χ1) is 13.1. The van der Waals surface area contributed by atoms with Gasteiger partial charge < -0.3 is 14.8 Å². The number of likely N-dealkylation sites (tertiary alicyclic amines) is 1. The van der Waals surface area contributed by atoms with Gasteiger partial charge in [-0.05, 0) is 25.8 Å². The molecule has 0 radical (unpaired) electrons. The van der Waals surface area contributed by atoms with Crippen LogP contribution in [-0.2, 0) is 20.1 Å². The molecule has 8 nitrogen and oxygen atoms in total. The molecule has 0 aromatic carbocycles. The van der Waals surface area contributed by atoms with Crippen LogP contribution in [-0.4, -0.2) is 55.0 Å². The van der Waals surface area contributed by atoms with Crippen LogP contribution < -0.4 is 5.32 Å². The Morgan fingerprint density at radius 2 is 2.04 bits per heavy atom. The summed E-state index contributed by atoms with van der Waals surface area (Å²) in [5.41, 5.74) is 0.979. The minimum absolute atomic E-state index is 0. The Hall–Kier alpha value is -1.97. The smallest absolute Gasteiger partial charge is 0.264 e. The summed E-state index contributed by atoms with van der Waals surface area (Å²) in [6, 6.07) is 2.00. The number of carbonyl (C=O) groups is 1. The number of aromatic nitrogens is 5. The van der Waals surface area contributed by atoms with Gasteiger partial charge in [-0.25, -0.2) is 0 Å². The van der Waals surface area contributed by atoms with Crippen LogP contribution >= 0.6 is 23.7 Å². The van der Waals surface area contributed by atoms with Gasteiger partial charge in [-0.3, -0.25) is 9.48 Å². The highest BCUT2D eigenvalue weighted by molar-refractivity contribution is 7.20. The zero-order valence-corrected chi connectivity index (χ0v) is 17.6. The normalized spacial score (nSPS) is 17.6. The Labute approximate surface area is 173 Å². The lowest BCUT2D eigenvalue weighted by atomic mass is 9.95. The maximum atomic E-state index is 13.0. The van der Waals surface area contributed by atoms with Crippen LogP contribution in [0.15, 0.2) is 6.07 Å². The molecular formula is C18H24ClN7OS. The average molecular weight is 422 g/mol. The minimum atomic E-state index is 0. The molecule has 0 bridgehead atoms. The highest BCUT2D eigenvalue weighted by Crippen LogP contribution is 2.32. The van der Waals surface area contributed by atoms with E-state index < -0.39 is 0 Å². The van der Waals surface area contributed by atoms with Crippen LogP contribution in [0.2, 0.25) is 0 Å². The van der Waals surface area contributed by atoms with Gasteiger partial charge in [0.25, 0.3) is 5.91 Å². The molecule has 1 fully saturated rings. The number of amides is 1. The van der Waals surface area contributed by atoms with Gasteiger partial charge >= 0.3 is 0 Å². The number of hydrogen-bond donors (Lipinski definition) is 1. The third kappa shape index (κ3) is 3.11. The Bertz CT molecular complexity index is 980. The van der Waals surface area contributed by atoms with Crippen molar-refractivity contribution in [3.05, 3.63) is 28.3 Å². The summed E-state index contributed by atoms with van der Waals surface area (Å²) in [5.74, 6) is 2.66. The van der Waals surface area contributed by atoms with Crippen LogP contribution in [0, 0.1) is 6.92 Å². The topological polar surface area (TPSA) is 80.9 Å². The molecule has 0 aliphatic carbocycles. The second-order valence-electron chi connectivity index (χ2n) is 7.41. The number of rotatable bonds is 2. The second-order valence-corrected chi connectivity index (χ2v) is 8.44. The van der Waals surface area contributed by atoms with Gasteiger partial charge in [0.05, 0.1) is 17.1 Å². The van der Waals surface area contributed by atoms with Crippen molar-refractivity contribution in [2.75, 3.05) is 19.6 Å². The van der Waals surface area contributed by atoms with Crippen molar-refractivity contribution in [3.8, 4) is 0 Å². The fraction of sp³-hybridized carbons (Fsp3) is 0.556. The van der Waals surface area contributed by atoms with Crippen molar-refractivity contribution < 1.29 is 4.79 Å². The lowest BCUT2D eigenvalue weighted by molar-refractivity contribution is 0.0715. The summed E-state index contributed by atoms with van der Waals surface area (Å²) in [6.07, 6.45) is 1.89. The second kappa shape index (κ2) is 7.46. The molecule has 0 atom stereocenters. The predicted molar refractivity (Wildman–Crippen MR) is 110 cm³/mol. The molecule has 5 heterocycles. The van der Waals surface area contributed by atoms with Gasteiger partial charge in [-0.1, -0.05) is 0 Å². The average Bonchev–Trinajstić information content (AvgIpc) is 3.38. The van der Waals surface area contributed by atoms with E-state index in [0.717, 1.165) is 78.0 Å². The first-order valence-electron chi connectivity index (χ1n) is 9.47. The Morgan fingerprint density at radius 3 is 2.79 bits per heavy atom. The number of halogens is 1. The fourth-order valence-electron chi connectivity index (χ4n) is 4.22. The van der Waals surface area contributed by atoms with E-state index in [0.29, 0.717) is 5.92 Å². The largest absolute Gasteiger partial charge is 0.338 e. The van der Waals surface area contributed by atoms with Gasteiger partial charge in [-0.15, -0.1) is 33.9 Å². The molecule has 0 unspecified atom stereocenters. The van der Waals surface area contributed by atoms with E-state index in [-0.39, 0.29) is 18.3 Å². The fourth-order valence-corrected chi connectivity index (χ4v) is 5.31. The van der Waals surface area contributed by atoms with E-state index in [1.165, 1.54) is 11.3 Å². The third-order valence-corrected chi connectivity index (χ3v) is 6.90. The lowest BCUT2D eigenvalue weighted by Gasteiger charge is -2.31. The number of thiophene rings is 1. The zero-order chi connectivity index (χ0) is 18.5. The summed E-state index contributed by atoms with van der Waals surface area (Å²) in [7, 11) is 1.93. The van der Waals surface area contributed by atoms with E-state index >= 15 is 0 Å². The van der Waals surface area contributed by atoms with Crippen LogP contribution in [0.25, 0.3) is 10.2 Å². The molecule has 3 aromatic rings. The van der Waals surface area contributed by atoms with E-state index in [9.17, 15) is 4.79 Å². The highest BCUT2D eigenvalue weighted by atomic mass is 35.5. The molecule has 28 heavy (non-hydrogen) atoms. The third-order valence-electron chi connectivity index (χ3n) is 5.71. The van der Waals surface area contributed by atoms with Crippen molar-refractivity contribution in [3.63, 3.8) is 0 Å².